The number of hydrogen-bond acceptors (Lipinski definition) is 4. The highest BCUT2D eigenvalue weighted by molar-refractivity contribution is 5.86. The van der Waals surface area contributed by atoms with Gasteiger partial charge in [-0.15, -0.1) is 0 Å². The maximum Gasteiger partial charge on any atom is 0.326 e. The molecule has 7 heteroatoms. The number of carboxylic acids is 1. The van der Waals surface area contributed by atoms with Gasteiger partial charge < -0.3 is 15.3 Å². The topological polar surface area (TPSA) is 72.9 Å². The van der Waals surface area contributed by atoms with Gasteiger partial charge in [-0.05, 0) is 37.1 Å². The number of hydrogen-bond donors (Lipinski definition) is 2. The van der Waals surface area contributed by atoms with Gasteiger partial charge in [0, 0.05) is 31.9 Å². The first-order valence-electron chi connectivity index (χ1n) is 8.57. The lowest BCUT2D eigenvalue weighted by atomic mass is 10.0. The van der Waals surface area contributed by atoms with E-state index < -0.39 is 18.1 Å². The van der Waals surface area contributed by atoms with Crippen molar-refractivity contribution in [2.75, 3.05) is 31.1 Å². The normalized spacial score (nSPS) is 18.0. The Balaban J connectivity index is 1.89. The summed E-state index contributed by atoms with van der Waals surface area (Å²) in [4.78, 5) is 27.8. The van der Waals surface area contributed by atoms with E-state index in [9.17, 15) is 19.1 Å². The first kappa shape index (κ1) is 19.2. The summed E-state index contributed by atoms with van der Waals surface area (Å²) in [6.45, 7) is 8.17. The Morgan fingerprint density at radius 3 is 2.12 bits per heavy atom. The van der Waals surface area contributed by atoms with Gasteiger partial charge in [-0.25, -0.2) is 9.18 Å². The number of carbonyl (C=O) groups is 2. The molecule has 2 N–H and O–H groups in total. The van der Waals surface area contributed by atoms with Gasteiger partial charge in [0.05, 0.1) is 6.04 Å². The van der Waals surface area contributed by atoms with Gasteiger partial charge in [-0.1, -0.05) is 13.8 Å². The predicted octanol–water partition coefficient (Wildman–Crippen LogP) is 1.56. The van der Waals surface area contributed by atoms with E-state index in [0.717, 1.165) is 18.8 Å². The first-order valence-corrected chi connectivity index (χ1v) is 8.57. The van der Waals surface area contributed by atoms with Crippen molar-refractivity contribution in [3.8, 4) is 0 Å². The van der Waals surface area contributed by atoms with Crippen molar-refractivity contribution in [1.29, 1.82) is 0 Å². The van der Waals surface area contributed by atoms with Crippen LogP contribution in [0.3, 0.4) is 0 Å². The molecule has 0 spiro atoms. The average molecular weight is 351 g/mol. The summed E-state index contributed by atoms with van der Waals surface area (Å²) in [6, 6.07) is 5.11. The lowest BCUT2D eigenvalue weighted by Gasteiger charge is -2.38. The summed E-state index contributed by atoms with van der Waals surface area (Å²) in [5.41, 5.74) is 0.962. The van der Waals surface area contributed by atoms with Crippen LogP contribution in [0.5, 0.6) is 0 Å². The number of aliphatic carboxylic acids is 1. The van der Waals surface area contributed by atoms with Gasteiger partial charge in [0.2, 0.25) is 5.91 Å². The van der Waals surface area contributed by atoms with E-state index in [2.05, 4.69) is 10.2 Å². The molecule has 0 radical (unpaired) electrons. The molecule has 2 rings (SSSR count). The Labute approximate surface area is 147 Å². The van der Waals surface area contributed by atoms with Crippen LogP contribution < -0.4 is 10.2 Å². The van der Waals surface area contributed by atoms with Crippen molar-refractivity contribution in [2.24, 2.45) is 5.92 Å². The highest BCUT2D eigenvalue weighted by Gasteiger charge is 2.30. The van der Waals surface area contributed by atoms with Gasteiger partial charge in [-0.2, -0.15) is 0 Å². The predicted molar refractivity (Wildman–Crippen MR) is 94.1 cm³/mol. The fourth-order valence-electron chi connectivity index (χ4n) is 2.97. The van der Waals surface area contributed by atoms with Gasteiger partial charge in [-0.3, -0.25) is 9.69 Å². The lowest BCUT2D eigenvalue weighted by molar-refractivity contribution is -0.143. The third-order valence-electron chi connectivity index (χ3n) is 4.66. The molecule has 1 amide bonds. The maximum absolute atomic E-state index is 13.0. The minimum Gasteiger partial charge on any atom is -0.480 e. The molecule has 1 heterocycles. The quantitative estimate of drug-likeness (QED) is 0.814. The second-order valence-electron chi connectivity index (χ2n) is 6.74. The molecule has 2 atom stereocenters. The molecule has 1 fully saturated rings. The van der Waals surface area contributed by atoms with Crippen LogP contribution in [-0.4, -0.2) is 60.1 Å². The zero-order valence-electron chi connectivity index (χ0n) is 14.9. The van der Waals surface area contributed by atoms with Crippen molar-refractivity contribution in [2.45, 2.75) is 32.9 Å². The SMILES string of the molecule is CC(C)[C@H](NC(=O)C(C)N1CCN(c2ccc(F)cc2)CC1)C(=O)O. The molecule has 0 saturated carbocycles. The number of piperazine rings is 1. The van der Waals surface area contributed by atoms with E-state index in [4.69, 9.17) is 0 Å². The largest absolute Gasteiger partial charge is 0.480 e. The minimum atomic E-state index is -1.02. The number of carbonyl (C=O) groups excluding carboxylic acids is 1. The van der Waals surface area contributed by atoms with Crippen LogP contribution in [0.1, 0.15) is 20.8 Å². The molecule has 1 aliphatic heterocycles. The fourth-order valence-corrected chi connectivity index (χ4v) is 2.97. The molecule has 1 unspecified atom stereocenters. The van der Waals surface area contributed by atoms with Crippen molar-refractivity contribution in [1.82, 2.24) is 10.2 Å². The number of nitrogens with zero attached hydrogens (tertiary/aromatic N) is 2. The highest BCUT2D eigenvalue weighted by Crippen LogP contribution is 2.18. The standard InChI is InChI=1S/C18H26FN3O3/c1-12(2)16(18(24)25)20-17(23)13(3)21-8-10-22(11-9-21)15-6-4-14(19)5-7-15/h4-7,12-13,16H,8-11H2,1-3H3,(H,20,23)(H,24,25)/t13?,16-/m0/s1. The molecule has 25 heavy (non-hydrogen) atoms. The van der Waals surface area contributed by atoms with Gasteiger partial charge in [0.15, 0.2) is 0 Å². The second-order valence-corrected chi connectivity index (χ2v) is 6.74. The van der Waals surface area contributed by atoms with Crippen molar-refractivity contribution in [3.05, 3.63) is 30.1 Å². The first-order chi connectivity index (χ1) is 11.8. The number of rotatable bonds is 6. The Bertz CT molecular complexity index is 598. The number of anilines is 1. The lowest BCUT2D eigenvalue weighted by Crippen LogP contribution is -2.56. The van der Waals surface area contributed by atoms with Gasteiger partial charge in [0.1, 0.15) is 11.9 Å². The molecule has 138 valence electrons. The Hall–Kier alpha value is -2.15. The summed E-state index contributed by atoms with van der Waals surface area (Å²) in [5.74, 6) is -1.72. The summed E-state index contributed by atoms with van der Waals surface area (Å²) in [5, 5.41) is 11.8. The molecule has 0 aliphatic carbocycles. The number of amides is 1. The molecule has 1 aliphatic rings. The van der Waals surface area contributed by atoms with Crippen LogP contribution in [-0.2, 0) is 9.59 Å². The summed E-state index contributed by atoms with van der Waals surface area (Å²) < 4.78 is 13.0. The molecular weight excluding hydrogens is 325 g/mol. The van der Waals surface area contributed by atoms with E-state index in [1.54, 1.807) is 32.9 Å². The molecular formula is C18H26FN3O3. The zero-order chi connectivity index (χ0) is 18.6. The van der Waals surface area contributed by atoms with Crippen molar-refractivity contribution >= 4 is 17.6 Å². The van der Waals surface area contributed by atoms with E-state index >= 15 is 0 Å². The summed E-state index contributed by atoms with van der Waals surface area (Å²) >= 11 is 0. The number of benzene rings is 1. The monoisotopic (exact) mass is 351 g/mol. The Morgan fingerprint density at radius 2 is 1.64 bits per heavy atom. The van der Waals surface area contributed by atoms with Crippen molar-refractivity contribution < 1.29 is 19.1 Å². The van der Waals surface area contributed by atoms with Crippen LogP contribution >= 0.6 is 0 Å². The molecule has 0 aromatic heterocycles. The van der Waals surface area contributed by atoms with Gasteiger partial charge in [0.25, 0.3) is 0 Å². The van der Waals surface area contributed by atoms with Gasteiger partial charge >= 0.3 is 5.97 Å². The molecule has 0 bridgehead atoms. The minimum absolute atomic E-state index is 0.177. The molecule has 6 nitrogen and oxygen atoms in total. The number of nitrogens with one attached hydrogen (secondary N) is 1. The average Bonchev–Trinajstić information content (AvgIpc) is 2.59. The number of carboxylic acid groups (broad SMARTS) is 1. The second kappa shape index (κ2) is 8.29. The third kappa shape index (κ3) is 4.92. The van der Waals surface area contributed by atoms with Crippen LogP contribution in [0.2, 0.25) is 0 Å². The highest BCUT2D eigenvalue weighted by atomic mass is 19.1. The fraction of sp³-hybridized carbons (Fsp3) is 0.556. The van der Waals surface area contributed by atoms with Crippen LogP contribution in [0, 0.1) is 11.7 Å². The molecule has 1 aromatic carbocycles. The maximum atomic E-state index is 13.0. The molecule has 1 aromatic rings. The summed E-state index contributed by atoms with van der Waals surface area (Å²) in [7, 11) is 0. The van der Waals surface area contributed by atoms with E-state index in [0.29, 0.717) is 13.1 Å². The Morgan fingerprint density at radius 1 is 1.08 bits per heavy atom. The van der Waals surface area contributed by atoms with E-state index in [1.165, 1.54) is 12.1 Å². The van der Waals surface area contributed by atoms with Crippen molar-refractivity contribution in [3.63, 3.8) is 0 Å². The van der Waals surface area contributed by atoms with Crippen LogP contribution in [0.25, 0.3) is 0 Å². The van der Waals surface area contributed by atoms with Crippen LogP contribution in [0.15, 0.2) is 24.3 Å². The zero-order valence-corrected chi connectivity index (χ0v) is 14.9. The van der Waals surface area contributed by atoms with Crippen LogP contribution in [0.4, 0.5) is 10.1 Å². The van der Waals surface area contributed by atoms with E-state index in [-0.39, 0.29) is 17.6 Å². The number of halogens is 1. The molecule has 1 saturated heterocycles. The van der Waals surface area contributed by atoms with E-state index in [1.807, 2.05) is 4.90 Å². The third-order valence-corrected chi connectivity index (χ3v) is 4.66. The smallest absolute Gasteiger partial charge is 0.326 e. The Kier molecular flexibility index (Phi) is 6.36. The summed E-state index contributed by atoms with van der Waals surface area (Å²) in [6.07, 6.45) is 0.